The van der Waals surface area contributed by atoms with Gasteiger partial charge in [-0.25, -0.2) is 0 Å². The Morgan fingerprint density at radius 2 is 0.782 bits per heavy atom. The van der Waals surface area contributed by atoms with E-state index in [-0.39, 0.29) is 0 Å². The van der Waals surface area contributed by atoms with E-state index >= 15 is 0 Å². The highest BCUT2D eigenvalue weighted by Gasteiger charge is 2.48. The van der Waals surface area contributed by atoms with E-state index < -0.39 is 10.8 Å². The first kappa shape index (κ1) is 31.6. The second kappa shape index (κ2) is 12.3. The van der Waals surface area contributed by atoms with Gasteiger partial charge < -0.3 is 4.74 Å². The second-order valence-corrected chi connectivity index (χ2v) is 14.7. The Kier molecular flexibility index (Phi) is 7.06. The van der Waals surface area contributed by atoms with Crippen LogP contribution in [0.4, 0.5) is 0 Å². The van der Waals surface area contributed by atoms with Gasteiger partial charge in [-0.05, 0) is 84.6 Å². The molecule has 55 heavy (non-hydrogen) atoms. The molecule has 0 atom stereocenters. The summed E-state index contributed by atoms with van der Waals surface area (Å²) in [5.41, 5.74) is 13.6. The maximum absolute atomic E-state index is 6.91. The van der Waals surface area contributed by atoms with Gasteiger partial charge >= 0.3 is 0 Å². The molecular formula is C54H36O. The highest BCUT2D eigenvalue weighted by Crippen LogP contribution is 2.59. The average molecular weight is 701 g/mol. The number of hydrogen-bond acceptors (Lipinski definition) is 1. The average Bonchev–Trinajstić information content (AvgIpc) is 3.57. The van der Waals surface area contributed by atoms with Crippen LogP contribution in [0.25, 0.3) is 33.0 Å². The first-order valence-electron chi connectivity index (χ1n) is 19.1. The molecule has 1 aliphatic carbocycles. The molecule has 0 spiro atoms. The van der Waals surface area contributed by atoms with Crippen molar-refractivity contribution in [3.05, 3.63) is 263 Å². The molecule has 0 radical (unpaired) electrons. The molecule has 1 heteroatoms. The highest BCUT2D eigenvalue weighted by atomic mass is 16.5. The molecule has 11 rings (SSSR count). The zero-order valence-electron chi connectivity index (χ0n) is 30.2. The van der Waals surface area contributed by atoms with Crippen molar-refractivity contribution in [2.24, 2.45) is 0 Å². The number of para-hydroxylation sites is 1. The van der Waals surface area contributed by atoms with Gasteiger partial charge in [-0.3, -0.25) is 0 Å². The molecule has 9 aromatic carbocycles. The van der Waals surface area contributed by atoms with Gasteiger partial charge in [-0.15, -0.1) is 0 Å². The molecule has 1 aliphatic heterocycles. The van der Waals surface area contributed by atoms with Crippen molar-refractivity contribution < 1.29 is 4.74 Å². The third-order valence-electron chi connectivity index (χ3n) is 12.1. The third-order valence-corrected chi connectivity index (χ3v) is 12.1. The molecule has 1 heterocycles. The molecule has 1 nitrogen and oxygen atoms in total. The van der Waals surface area contributed by atoms with Crippen LogP contribution in [0.2, 0.25) is 0 Å². The standard InChI is InChI=1S/C54H36O/c1-5-18-40(19-6-1)53(41-20-7-2-8-21-41)46-27-15-16-28-50(46)55-51-36-39(31-33-47(51)53)38-29-32-45-49(35-38)54(42-22-9-3-10-23-42,43-24-11-4-12-25-43)48-34-30-37-17-13-14-26-44(37)52(45)48/h1-36H. The fraction of sp³-hybridized carbons (Fsp3) is 0.0370. The van der Waals surface area contributed by atoms with Crippen LogP contribution in [-0.2, 0) is 10.8 Å². The zero-order valence-corrected chi connectivity index (χ0v) is 30.2. The first-order chi connectivity index (χ1) is 27.3. The summed E-state index contributed by atoms with van der Waals surface area (Å²) in [4.78, 5) is 0. The molecule has 0 saturated carbocycles. The molecule has 0 amide bonds. The minimum Gasteiger partial charge on any atom is -0.457 e. The van der Waals surface area contributed by atoms with Gasteiger partial charge in [0.25, 0.3) is 0 Å². The predicted octanol–water partition coefficient (Wildman–Crippen LogP) is 13.4. The number of rotatable bonds is 5. The van der Waals surface area contributed by atoms with Crippen LogP contribution in [-0.4, -0.2) is 0 Å². The van der Waals surface area contributed by atoms with E-state index in [0.717, 1.165) is 33.8 Å². The molecule has 0 bridgehead atoms. The van der Waals surface area contributed by atoms with Crippen LogP contribution in [0.1, 0.15) is 44.5 Å². The third kappa shape index (κ3) is 4.47. The molecule has 0 saturated heterocycles. The minimum absolute atomic E-state index is 0.507. The van der Waals surface area contributed by atoms with E-state index in [4.69, 9.17) is 4.74 Å². The summed E-state index contributed by atoms with van der Waals surface area (Å²) in [5.74, 6) is 1.75. The van der Waals surface area contributed by atoms with Crippen LogP contribution < -0.4 is 4.74 Å². The fourth-order valence-electron chi connectivity index (χ4n) is 9.83. The molecule has 2 aliphatic rings. The summed E-state index contributed by atoms with van der Waals surface area (Å²) in [6.45, 7) is 0. The summed E-state index contributed by atoms with van der Waals surface area (Å²) in [6, 6.07) is 79.8. The summed E-state index contributed by atoms with van der Waals surface area (Å²) in [5, 5.41) is 2.53. The van der Waals surface area contributed by atoms with E-state index in [9.17, 15) is 0 Å². The van der Waals surface area contributed by atoms with Crippen LogP contribution in [0.15, 0.2) is 218 Å². The van der Waals surface area contributed by atoms with E-state index in [1.54, 1.807) is 0 Å². The lowest BCUT2D eigenvalue weighted by Crippen LogP contribution is -2.34. The van der Waals surface area contributed by atoms with E-state index in [2.05, 4.69) is 218 Å². The van der Waals surface area contributed by atoms with Gasteiger partial charge in [0.15, 0.2) is 0 Å². The Balaban J connectivity index is 1.17. The number of benzene rings is 9. The summed E-state index contributed by atoms with van der Waals surface area (Å²) in [6.07, 6.45) is 0. The van der Waals surface area contributed by atoms with Gasteiger partial charge in [-0.2, -0.15) is 0 Å². The van der Waals surface area contributed by atoms with Crippen molar-refractivity contribution in [2.75, 3.05) is 0 Å². The van der Waals surface area contributed by atoms with Crippen molar-refractivity contribution in [1.82, 2.24) is 0 Å². The lowest BCUT2D eigenvalue weighted by atomic mass is 9.63. The van der Waals surface area contributed by atoms with Crippen molar-refractivity contribution in [1.29, 1.82) is 0 Å². The number of hydrogen-bond donors (Lipinski definition) is 0. The molecular weight excluding hydrogens is 665 g/mol. The van der Waals surface area contributed by atoms with Crippen LogP contribution in [0.3, 0.4) is 0 Å². The molecule has 258 valence electrons. The Hall–Kier alpha value is -6.96. The smallest absolute Gasteiger partial charge is 0.132 e. The minimum atomic E-state index is -0.554. The van der Waals surface area contributed by atoms with E-state index in [1.165, 1.54) is 55.3 Å². The van der Waals surface area contributed by atoms with Gasteiger partial charge in [0.2, 0.25) is 0 Å². The molecule has 0 unspecified atom stereocenters. The van der Waals surface area contributed by atoms with Crippen molar-refractivity contribution in [3.8, 4) is 33.8 Å². The summed E-state index contributed by atoms with van der Waals surface area (Å²) >= 11 is 0. The van der Waals surface area contributed by atoms with Crippen LogP contribution in [0.5, 0.6) is 11.5 Å². The molecule has 0 N–H and O–H groups in total. The molecule has 0 aromatic heterocycles. The van der Waals surface area contributed by atoms with E-state index in [1.807, 2.05) is 0 Å². The Labute approximate surface area is 321 Å². The van der Waals surface area contributed by atoms with Crippen molar-refractivity contribution in [3.63, 3.8) is 0 Å². The van der Waals surface area contributed by atoms with Crippen LogP contribution in [0, 0.1) is 0 Å². The van der Waals surface area contributed by atoms with Gasteiger partial charge in [-0.1, -0.05) is 200 Å². The Morgan fingerprint density at radius 1 is 0.309 bits per heavy atom. The Bertz CT molecular complexity index is 2800. The molecule has 0 fully saturated rings. The SMILES string of the molecule is c1ccc(C2(c3ccccc3)c3ccccc3Oc3cc(-c4ccc5c(c4)C(c4ccccc4)(c4ccccc4)c4ccc6ccccc6c4-5)ccc32)cc1. The Morgan fingerprint density at radius 3 is 1.42 bits per heavy atom. The summed E-state index contributed by atoms with van der Waals surface area (Å²) in [7, 11) is 0. The van der Waals surface area contributed by atoms with Gasteiger partial charge in [0, 0.05) is 11.1 Å². The van der Waals surface area contributed by atoms with Crippen molar-refractivity contribution >= 4 is 10.8 Å². The lowest BCUT2D eigenvalue weighted by molar-refractivity contribution is 0.435. The fourth-order valence-corrected chi connectivity index (χ4v) is 9.83. The van der Waals surface area contributed by atoms with E-state index in [0.29, 0.717) is 0 Å². The monoisotopic (exact) mass is 700 g/mol. The zero-order chi connectivity index (χ0) is 36.4. The van der Waals surface area contributed by atoms with Gasteiger partial charge in [0.1, 0.15) is 11.5 Å². The predicted molar refractivity (Wildman–Crippen MR) is 225 cm³/mol. The first-order valence-corrected chi connectivity index (χ1v) is 19.1. The maximum Gasteiger partial charge on any atom is 0.132 e. The van der Waals surface area contributed by atoms with Crippen LogP contribution >= 0.6 is 0 Å². The normalized spacial score (nSPS) is 14.3. The maximum atomic E-state index is 6.91. The molecule has 9 aromatic rings. The summed E-state index contributed by atoms with van der Waals surface area (Å²) < 4.78 is 6.91. The largest absolute Gasteiger partial charge is 0.457 e. The van der Waals surface area contributed by atoms with Crippen molar-refractivity contribution in [2.45, 2.75) is 10.8 Å². The number of fused-ring (bicyclic) bond motifs is 7. The van der Waals surface area contributed by atoms with Gasteiger partial charge in [0.05, 0.1) is 10.8 Å². The highest BCUT2D eigenvalue weighted by molar-refractivity contribution is 6.04. The number of ether oxygens (including phenoxy) is 1. The lowest BCUT2D eigenvalue weighted by Gasteiger charge is -2.41. The topological polar surface area (TPSA) is 9.23 Å². The second-order valence-electron chi connectivity index (χ2n) is 14.7. The quantitative estimate of drug-likeness (QED) is 0.174.